The van der Waals surface area contributed by atoms with E-state index in [0.717, 1.165) is 41.0 Å². The van der Waals surface area contributed by atoms with Crippen molar-refractivity contribution >= 4 is 50.5 Å². The molecule has 0 unspecified atom stereocenters. The first-order chi connectivity index (χ1) is 15.0. The molecule has 2 N–H and O–H groups in total. The fraction of sp³-hybridized carbons (Fsp3) is 0.292. The standard InChI is InChI=1S/C24H29N3O3S.HI/c1-3-25-24(26-16-15-19-11-13-21(14-12-19)31(2,28)29)27-17-18-30-23-10-6-8-20-7-4-5-9-22(20)23;/h4-14H,3,15-18H2,1-2H3,(H2,25,26,27);1H. The van der Waals surface area contributed by atoms with E-state index in [9.17, 15) is 8.42 Å². The molecular formula is C24H30IN3O3S. The zero-order valence-electron chi connectivity index (χ0n) is 18.4. The van der Waals surface area contributed by atoms with Crippen LogP contribution in [0.5, 0.6) is 5.75 Å². The van der Waals surface area contributed by atoms with Gasteiger partial charge in [-0.05, 0) is 42.5 Å². The molecule has 8 heteroatoms. The number of halogens is 1. The van der Waals surface area contributed by atoms with Gasteiger partial charge in [0, 0.05) is 24.7 Å². The molecule has 172 valence electrons. The Labute approximate surface area is 207 Å². The minimum atomic E-state index is -3.17. The van der Waals surface area contributed by atoms with E-state index in [2.05, 4.69) is 33.8 Å². The van der Waals surface area contributed by atoms with Crippen molar-refractivity contribution in [3.63, 3.8) is 0 Å². The number of benzene rings is 3. The molecular weight excluding hydrogens is 537 g/mol. The molecule has 0 spiro atoms. The summed E-state index contributed by atoms with van der Waals surface area (Å²) in [4.78, 5) is 4.93. The van der Waals surface area contributed by atoms with Crippen LogP contribution in [0.25, 0.3) is 10.8 Å². The fourth-order valence-corrected chi connectivity index (χ4v) is 3.82. The van der Waals surface area contributed by atoms with Crippen molar-refractivity contribution in [2.75, 3.05) is 32.5 Å². The maximum absolute atomic E-state index is 11.6. The third-order valence-electron chi connectivity index (χ3n) is 4.77. The van der Waals surface area contributed by atoms with Gasteiger partial charge in [0.05, 0.1) is 11.4 Å². The van der Waals surface area contributed by atoms with Gasteiger partial charge in [0.2, 0.25) is 0 Å². The van der Waals surface area contributed by atoms with Gasteiger partial charge in [-0.1, -0.05) is 48.5 Å². The van der Waals surface area contributed by atoms with Gasteiger partial charge in [0.15, 0.2) is 15.8 Å². The highest BCUT2D eigenvalue weighted by Gasteiger charge is 2.06. The average Bonchev–Trinajstić information content (AvgIpc) is 2.76. The Balaban J connectivity index is 0.00000363. The Morgan fingerprint density at radius 2 is 1.69 bits per heavy atom. The summed E-state index contributed by atoms with van der Waals surface area (Å²) in [7, 11) is -3.17. The Morgan fingerprint density at radius 1 is 0.969 bits per heavy atom. The smallest absolute Gasteiger partial charge is 0.191 e. The molecule has 6 nitrogen and oxygen atoms in total. The summed E-state index contributed by atoms with van der Waals surface area (Å²) >= 11 is 0. The van der Waals surface area contributed by atoms with Crippen molar-refractivity contribution in [3.8, 4) is 5.75 Å². The molecule has 0 saturated carbocycles. The monoisotopic (exact) mass is 567 g/mol. The molecule has 0 aliphatic carbocycles. The van der Waals surface area contributed by atoms with Crippen LogP contribution in [0.15, 0.2) is 76.6 Å². The number of nitrogens with one attached hydrogen (secondary N) is 2. The zero-order valence-corrected chi connectivity index (χ0v) is 21.5. The van der Waals surface area contributed by atoms with Crippen LogP contribution in [0.3, 0.4) is 0 Å². The summed E-state index contributed by atoms with van der Waals surface area (Å²) in [6, 6.07) is 21.2. The number of fused-ring (bicyclic) bond motifs is 1. The highest BCUT2D eigenvalue weighted by atomic mass is 127. The minimum absolute atomic E-state index is 0. The van der Waals surface area contributed by atoms with Crippen LogP contribution in [0.1, 0.15) is 12.5 Å². The summed E-state index contributed by atoms with van der Waals surface area (Å²) in [5, 5.41) is 8.78. The van der Waals surface area contributed by atoms with Crippen LogP contribution < -0.4 is 15.4 Å². The number of hydrogen-bond acceptors (Lipinski definition) is 4. The van der Waals surface area contributed by atoms with Crippen LogP contribution in [0.2, 0.25) is 0 Å². The number of aliphatic imine (C=N–C) groups is 1. The molecule has 0 radical (unpaired) electrons. The summed E-state index contributed by atoms with van der Waals surface area (Å²) in [5.74, 6) is 1.61. The van der Waals surface area contributed by atoms with Crippen molar-refractivity contribution in [2.45, 2.75) is 18.2 Å². The van der Waals surface area contributed by atoms with E-state index in [1.165, 1.54) is 6.26 Å². The quantitative estimate of drug-likeness (QED) is 0.177. The predicted octanol–water partition coefficient (Wildman–Crippen LogP) is 4.04. The fourth-order valence-electron chi connectivity index (χ4n) is 3.19. The van der Waals surface area contributed by atoms with Gasteiger partial charge in [-0.2, -0.15) is 0 Å². The molecule has 0 saturated heterocycles. The predicted molar refractivity (Wildman–Crippen MR) is 142 cm³/mol. The molecule has 0 aliphatic heterocycles. The van der Waals surface area contributed by atoms with Gasteiger partial charge in [0.25, 0.3) is 0 Å². The molecule has 0 bridgehead atoms. The summed E-state index contributed by atoms with van der Waals surface area (Å²) in [6.45, 7) is 4.52. The molecule has 0 aromatic heterocycles. The summed E-state index contributed by atoms with van der Waals surface area (Å²) in [6.07, 6.45) is 1.94. The first-order valence-corrected chi connectivity index (χ1v) is 12.3. The van der Waals surface area contributed by atoms with Crippen LogP contribution in [-0.4, -0.2) is 46.9 Å². The number of hydrogen-bond donors (Lipinski definition) is 2. The molecule has 3 aromatic rings. The van der Waals surface area contributed by atoms with E-state index >= 15 is 0 Å². The van der Waals surface area contributed by atoms with Crippen LogP contribution in [-0.2, 0) is 16.3 Å². The molecule has 32 heavy (non-hydrogen) atoms. The normalized spacial score (nSPS) is 11.6. The Bertz CT molecular complexity index is 1130. The lowest BCUT2D eigenvalue weighted by atomic mass is 10.1. The third-order valence-corrected chi connectivity index (χ3v) is 5.90. The zero-order chi connectivity index (χ0) is 22.1. The van der Waals surface area contributed by atoms with Gasteiger partial charge < -0.3 is 15.4 Å². The van der Waals surface area contributed by atoms with Gasteiger partial charge in [0.1, 0.15) is 12.4 Å². The lowest BCUT2D eigenvalue weighted by molar-refractivity contribution is 0.325. The van der Waals surface area contributed by atoms with Crippen molar-refractivity contribution in [2.24, 2.45) is 4.99 Å². The van der Waals surface area contributed by atoms with Gasteiger partial charge in [-0.25, -0.2) is 8.42 Å². The van der Waals surface area contributed by atoms with Crippen molar-refractivity contribution < 1.29 is 13.2 Å². The second-order valence-electron chi connectivity index (χ2n) is 7.18. The van der Waals surface area contributed by atoms with Crippen molar-refractivity contribution in [3.05, 3.63) is 72.3 Å². The lowest BCUT2D eigenvalue weighted by Gasteiger charge is -2.13. The molecule has 0 heterocycles. The summed E-state index contributed by atoms with van der Waals surface area (Å²) < 4.78 is 29.1. The number of sulfone groups is 1. The van der Waals surface area contributed by atoms with Crippen LogP contribution in [0, 0.1) is 0 Å². The van der Waals surface area contributed by atoms with E-state index < -0.39 is 9.84 Å². The Kier molecular flexibility index (Phi) is 10.2. The molecule has 0 aliphatic rings. The van der Waals surface area contributed by atoms with E-state index in [-0.39, 0.29) is 24.0 Å². The largest absolute Gasteiger partial charge is 0.491 e. The number of rotatable bonds is 9. The number of ether oxygens (including phenoxy) is 1. The van der Waals surface area contributed by atoms with Crippen molar-refractivity contribution in [1.29, 1.82) is 0 Å². The van der Waals surface area contributed by atoms with Gasteiger partial charge >= 0.3 is 0 Å². The highest BCUT2D eigenvalue weighted by molar-refractivity contribution is 14.0. The van der Waals surface area contributed by atoms with Gasteiger partial charge in [-0.3, -0.25) is 4.99 Å². The van der Waals surface area contributed by atoms with Gasteiger partial charge in [-0.15, -0.1) is 24.0 Å². The van der Waals surface area contributed by atoms with Crippen molar-refractivity contribution in [1.82, 2.24) is 10.6 Å². The number of guanidine groups is 1. The average molecular weight is 567 g/mol. The van der Waals surface area contributed by atoms with E-state index in [0.29, 0.717) is 24.6 Å². The minimum Gasteiger partial charge on any atom is -0.491 e. The maximum Gasteiger partial charge on any atom is 0.191 e. The summed E-state index contributed by atoms with van der Waals surface area (Å²) in [5.41, 5.74) is 1.05. The number of nitrogens with zero attached hydrogens (tertiary/aromatic N) is 1. The van der Waals surface area contributed by atoms with E-state index in [4.69, 9.17) is 4.74 Å². The molecule has 0 fully saturated rings. The molecule has 0 amide bonds. The SMILES string of the molecule is CCNC(=NCCc1ccc(S(C)(=O)=O)cc1)NCCOc1cccc2ccccc12.I. The second kappa shape index (κ2) is 12.6. The Morgan fingerprint density at radius 3 is 2.41 bits per heavy atom. The van der Waals surface area contributed by atoms with Crippen LogP contribution in [0.4, 0.5) is 0 Å². The molecule has 0 atom stereocenters. The Hall–Kier alpha value is -2.33. The topological polar surface area (TPSA) is 79.8 Å². The first kappa shape index (κ1) is 25.9. The first-order valence-electron chi connectivity index (χ1n) is 10.4. The maximum atomic E-state index is 11.6. The lowest BCUT2D eigenvalue weighted by Crippen LogP contribution is -2.39. The van der Waals surface area contributed by atoms with E-state index in [1.54, 1.807) is 12.1 Å². The molecule has 3 rings (SSSR count). The third kappa shape index (κ3) is 7.67. The molecule has 3 aromatic carbocycles. The highest BCUT2D eigenvalue weighted by Crippen LogP contribution is 2.24. The van der Waals surface area contributed by atoms with E-state index in [1.807, 2.05) is 43.3 Å². The second-order valence-corrected chi connectivity index (χ2v) is 9.20. The van der Waals surface area contributed by atoms with Crippen LogP contribution >= 0.6 is 24.0 Å².